The Morgan fingerprint density at radius 2 is 1.47 bits per heavy atom. The van der Waals surface area contributed by atoms with E-state index in [1.54, 1.807) is 6.07 Å². The minimum atomic E-state index is -0.550. The minimum absolute atomic E-state index is 0.147. The highest BCUT2D eigenvalue weighted by Gasteiger charge is 2.14. The van der Waals surface area contributed by atoms with Gasteiger partial charge < -0.3 is 23.6 Å². The van der Waals surface area contributed by atoms with Gasteiger partial charge in [0.2, 0.25) is 0 Å². The molecule has 0 radical (unpaired) electrons. The van der Waals surface area contributed by atoms with Gasteiger partial charge in [-0.15, -0.1) is 0 Å². The molecule has 0 spiro atoms. The zero-order valence-electron chi connectivity index (χ0n) is 19.8. The average molecular weight is 451 g/mol. The number of nitrogens with zero attached hydrogens (tertiary/aromatic N) is 2. The van der Waals surface area contributed by atoms with Crippen LogP contribution in [0.2, 0.25) is 0 Å². The van der Waals surface area contributed by atoms with Gasteiger partial charge in [0.15, 0.2) is 6.10 Å². The van der Waals surface area contributed by atoms with Gasteiger partial charge in [0.05, 0.1) is 6.61 Å². The highest BCUT2D eigenvalue weighted by molar-refractivity contribution is 5.11. The van der Waals surface area contributed by atoms with Crippen LogP contribution in [-0.2, 0) is 6.42 Å². The number of rotatable bonds is 21. The van der Waals surface area contributed by atoms with Crippen LogP contribution in [-0.4, -0.2) is 34.7 Å². The van der Waals surface area contributed by atoms with Crippen LogP contribution in [0.15, 0.2) is 27.4 Å². The van der Waals surface area contributed by atoms with Crippen molar-refractivity contribution >= 4 is 0 Å². The number of aromatic nitrogens is 2. The van der Waals surface area contributed by atoms with Crippen molar-refractivity contribution in [3.05, 3.63) is 24.2 Å². The van der Waals surface area contributed by atoms with Crippen molar-refractivity contribution in [2.75, 3.05) is 13.2 Å². The average Bonchev–Trinajstić information content (AvgIpc) is 3.49. The maximum Gasteiger partial charge on any atom is 0.254 e. The second-order valence-corrected chi connectivity index (χ2v) is 8.55. The van der Waals surface area contributed by atoms with Crippen molar-refractivity contribution in [3.63, 3.8) is 0 Å². The van der Waals surface area contributed by atoms with Crippen LogP contribution in [0, 0.1) is 0 Å². The van der Waals surface area contributed by atoms with Crippen molar-refractivity contribution in [2.24, 2.45) is 0 Å². The van der Waals surface area contributed by atoms with Crippen LogP contribution in [0.4, 0.5) is 0 Å². The third-order valence-corrected chi connectivity index (χ3v) is 5.64. The Morgan fingerprint density at radius 1 is 0.844 bits per heavy atom. The highest BCUT2D eigenvalue weighted by Crippen LogP contribution is 2.17. The number of aliphatic hydroxyl groups excluding tert-OH is 1. The zero-order chi connectivity index (χ0) is 22.7. The van der Waals surface area contributed by atoms with Crippen LogP contribution in [0.1, 0.15) is 103 Å². The van der Waals surface area contributed by atoms with Gasteiger partial charge in [-0.25, -0.2) is 0 Å². The topological polar surface area (TPSA) is 90.8 Å². The molecule has 1 unspecified atom stereocenters. The molecule has 0 aliphatic heterocycles. The van der Waals surface area contributed by atoms with Crippen LogP contribution < -0.4 is 9.47 Å². The fourth-order valence-corrected chi connectivity index (χ4v) is 3.71. The monoisotopic (exact) mass is 450 g/mol. The third-order valence-electron chi connectivity index (χ3n) is 5.64. The molecule has 2 heterocycles. The Morgan fingerprint density at radius 3 is 2.03 bits per heavy atom. The van der Waals surface area contributed by atoms with Gasteiger partial charge in [-0.2, -0.15) is 0 Å². The summed E-state index contributed by atoms with van der Waals surface area (Å²) in [6.45, 7) is 2.22. The largest absolute Gasteiger partial charge is 0.471 e. The third kappa shape index (κ3) is 12.1. The maximum absolute atomic E-state index is 9.40. The van der Waals surface area contributed by atoms with Crippen LogP contribution >= 0.6 is 0 Å². The summed E-state index contributed by atoms with van der Waals surface area (Å²) in [6.07, 6.45) is 20.6. The quantitative estimate of drug-likeness (QED) is 0.217. The van der Waals surface area contributed by atoms with E-state index < -0.39 is 6.10 Å². The molecule has 2 aromatic rings. The lowest BCUT2D eigenvalue weighted by atomic mass is 10.0. The van der Waals surface area contributed by atoms with Gasteiger partial charge in [0.1, 0.15) is 18.6 Å². The summed E-state index contributed by atoms with van der Waals surface area (Å²) in [7, 11) is 0. The molecular weight excluding hydrogens is 408 g/mol. The molecule has 0 amide bonds. The highest BCUT2D eigenvalue weighted by atomic mass is 16.6. The van der Waals surface area contributed by atoms with Crippen molar-refractivity contribution < 1.29 is 23.6 Å². The number of aryl methyl sites for hydroxylation is 1. The number of unbranched alkanes of at least 4 members (excludes halogenated alkanes) is 13. The zero-order valence-corrected chi connectivity index (χ0v) is 19.8. The molecule has 0 aliphatic carbocycles. The van der Waals surface area contributed by atoms with Crippen LogP contribution in [0.25, 0.3) is 0 Å². The first-order valence-electron chi connectivity index (χ1n) is 12.6. The van der Waals surface area contributed by atoms with E-state index >= 15 is 0 Å². The summed E-state index contributed by atoms with van der Waals surface area (Å²) in [5, 5.41) is 17.0. The molecule has 2 rings (SSSR count). The maximum atomic E-state index is 9.40. The molecule has 0 saturated heterocycles. The summed E-state index contributed by atoms with van der Waals surface area (Å²) < 4.78 is 21.1. The molecule has 0 aliphatic rings. The van der Waals surface area contributed by atoms with E-state index in [-0.39, 0.29) is 13.2 Å². The van der Waals surface area contributed by atoms with Gasteiger partial charge in [0, 0.05) is 18.6 Å². The van der Waals surface area contributed by atoms with Crippen LogP contribution in [0.3, 0.4) is 0 Å². The molecular formula is C25H42N2O5. The molecule has 0 saturated carbocycles. The smallest absolute Gasteiger partial charge is 0.254 e. The molecule has 2 aromatic heterocycles. The van der Waals surface area contributed by atoms with E-state index in [1.807, 2.05) is 6.07 Å². The predicted molar refractivity (Wildman–Crippen MR) is 124 cm³/mol. The Balaban J connectivity index is 1.42. The molecule has 7 nitrogen and oxygen atoms in total. The number of aliphatic hydroxyl groups is 1. The summed E-state index contributed by atoms with van der Waals surface area (Å²) in [5.41, 5.74) is 0. The van der Waals surface area contributed by atoms with Crippen molar-refractivity contribution in [2.45, 2.75) is 109 Å². The first-order valence-corrected chi connectivity index (χ1v) is 12.6. The molecule has 32 heavy (non-hydrogen) atoms. The molecule has 1 atom stereocenters. The first-order chi connectivity index (χ1) is 15.8. The van der Waals surface area contributed by atoms with Gasteiger partial charge in [0.25, 0.3) is 11.8 Å². The molecule has 1 N–H and O–H groups in total. The van der Waals surface area contributed by atoms with Gasteiger partial charge in [-0.05, 0) is 16.7 Å². The van der Waals surface area contributed by atoms with Gasteiger partial charge >= 0.3 is 0 Å². The summed E-state index contributed by atoms with van der Waals surface area (Å²) >= 11 is 0. The summed E-state index contributed by atoms with van der Waals surface area (Å²) in [6, 6.07) is 3.39. The van der Waals surface area contributed by atoms with Gasteiger partial charge in [-0.1, -0.05) is 90.4 Å². The van der Waals surface area contributed by atoms with E-state index in [9.17, 15) is 5.11 Å². The van der Waals surface area contributed by atoms with Crippen molar-refractivity contribution in [3.8, 4) is 11.8 Å². The van der Waals surface area contributed by atoms with Crippen molar-refractivity contribution in [1.29, 1.82) is 0 Å². The summed E-state index contributed by atoms with van der Waals surface area (Å²) in [5.74, 6) is 1.55. The lowest BCUT2D eigenvalue weighted by Crippen LogP contribution is -2.28. The van der Waals surface area contributed by atoms with E-state index in [1.165, 1.54) is 89.7 Å². The Kier molecular flexibility index (Phi) is 14.4. The Hall–Kier alpha value is -2.02. The van der Waals surface area contributed by atoms with Gasteiger partial charge in [-0.3, -0.25) is 0 Å². The Labute approximate surface area is 192 Å². The first kappa shape index (κ1) is 26.2. The van der Waals surface area contributed by atoms with E-state index in [0.29, 0.717) is 11.8 Å². The van der Waals surface area contributed by atoms with Crippen molar-refractivity contribution in [1.82, 2.24) is 10.3 Å². The number of hydrogen-bond acceptors (Lipinski definition) is 7. The molecule has 7 heteroatoms. The molecule has 0 aromatic carbocycles. The molecule has 0 fully saturated rings. The summed E-state index contributed by atoms with van der Waals surface area (Å²) in [4.78, 5) is 0. The van der Waals surface area contributed by atoms with E-state index in [2.05, 4.69) is 17.2 Å². The Bertz CT molecular complexity index is 659. The van der Waals surface area contributed by atoms with E-state index in [4.69, 9.17) is 18.5 Å². The number of ether oxygens (including phenoxy) is 2. The minimum Gasteiger partial charge on any atom is -0.471 e. The lowest BCUT2D eigenvalue weighted by Gasteiger charge is -2.13. The number of hydrogen-bond donors (Lipinski definition) is 1. The fourth-order valence-electron chi connectivity index (χ4n) is 3.71. The fraction of sp³-hybridized carbons (Fsp3) is 0.760. The SMILES string of the molecule is CCCCCCCCCCCCCCCCc1cc(OCC(CO)Oc2ccon2)no1. The standard InChI is InChI=1S/C25H42N2O5/c1-2-3-4-5-6-7-8-9-10-11-12-13-14-15-16-22-19-25(27-32-22)29-21-23(20-28)31-24-17-18-30-26-24/h17-19,23,28H,2-16,20-21H2,1H3. The predicted octanol–water partition coefficient (Wildman–Crippen LogP) is 6.51. The molecule has 0 bridgehead atoms. The lowest BCUT2D eigenvalue weighted by molar-refractivity contribution is 0.0628. The molecule has 182 valence electrons. The second kappa shape index (κ2) is 17.5. The second-order valence-electron chi connectivity index (χ2n) is 8.55. The normalized spacial score (nSPS) is 12.2. The van der Waals surface area contributed by atoms with Crippen LogP contribution in [0.5, 0.6) is 11.8 Å². The van der Waals surface area contributed by atoms with E-state index in [0.717, 1.165) is 18.6 Å².